The molecule has 0 bridgehead atoms. The summed E-state index contributed by atoms with van der Waals surface area (Å²) in [6, 6.07) is 6.54. The zero-order chi connectivity index (χ0) is 17.8. The predicted octanol–water partition coefficient (Wildman–Crippen LogP) is 4.58. The molecule has 25 heavy (non-hydrogen) atoms. The average molecular weight is 331 g/mol. The van der Waals surface area contributed by atoms with Gasteiger partial charge in [-0.05, 0) is 42.5 Å². The summed E-state index contributed by atoms with van der Waals surface area (Å²) < 4.78 is 0. The van der Waals surface area contributed by atoms with Gasteiger partial charge in [-0.3, -0.25) is 0 Å². The van der Waals surface area contributed by atoms with Crippen molar-refractivity contribution in [2.75, 3.05) is 6.54 Å². The average Bonchev–Trinajstić information content (AvgIpc) is 3.43. The molecule has 2 aliphatic rings. The van der Waals surface area contributed by atoms with Crippen LogP contribution in [0.1, 0.15) is 66.4 Å². The minimum atomic E-state index is 0.0637. The zero-order valence-corrected chi connectivity index (χ0v) is 15.3. The number of aryl methyl sites for hydroxylation is 1. The lowest BCUT2D eigenvalue weighted by Gasteiger charge is -2.35. The van der Waals surface area contributed by atoms with E-state index in [1.807, 2.05) is 6.20 Å². The van der Waals surface area contributed by atoms with Crippen LogP contribution < -0.4 is 5.32 Å². The summed E-state index contributed by atoms with van der Waals surface area (Å²) in [4.78, 5) is 9.29. The van der Waals surface area contributed by atoms with Gasteiger partial charge < -0.3 is 5.32 Å². The second kappa shape index (κ2) is 5.55. The van der Waals surface area contributed by atoms with Gasteiger partial charge in [-0.25, -0.2) is 9.97 Å². The summed E-state index contributed by atoms with van der Waals surface area (Å²) >= 11 is 0. The van der Waals surface area contributed by atoms with Gasteiger partial charge in [-0.2, -0.15) is 0 Å². The van der Waals surface area contributed by atoms with Crippen molar-refractivity contribution in [3.8, 4) is 0 Å². The smallest absolute Gasteiger partial charge is 0.131 e. The van der Waals surface area contributed by atoms with Crippen LogP contribution in [0.3, 0.4) is 0 Å². The summed E-state index contributed by atoms with van der Waals surface area (Å²) in [5.41, 5.74) is 7.76. The Labute approximate surface area is 149 Å². The van der Waals surface area contributed by atoms with Crippen molar-refractivity contribution >= 4 is 11.3 Å². The van der Waals surface area contributed by atoms with Crippen molar-refractivity contribution in [1.82, 2.24) is 15.3 Å². The van der Waals surface area contributed by atoms with Crippen LogP contribution in [0.5, 0.6) is 0 Å². The van der Waals surface area contributed by atoms with Crippen molar-refractivity contribution in [3.05, 3.63) is 71.3 Å². The molecule has 1 fully saturated rings. The summed E-state index contributed by atoms with van der Waals surface area (Å²) in [6.45, 7) is 16.0. The van der Waals surface area contributed by atoms with Crippen LogP contribution in [0.25, 0.3) is 11.3 Å². The van der Waals surface area contributed by atoms with Crippen molar-refractivity contribution in [3.63, 3.8) is 0 Å². The van der Waals surface area contributed by atoms with Gasteiger partial charge in [0, 0.05) is 46.6 Å². The summed E-state index contributed by atoms with van der Waals surface area (Å²) in [5, 5.41) is 3.40. The summed E-state index contributed by atoms with van der Waals surface area (Å²) in [5.74, 6) is 1.56. The van der Waals surface area contributed by atoms with E-state index in [4.69, 9.17) is 4.98 Å². The third-order valence-corrected chi connectivity index (χ3v) is 5.43. The zero-order valence-electron chi connectivity index (χ0n) is 15.3. The van der Waals surface area contributed by atoms with Gasteiger partial charge >= 0.3 is 0 Å². The minimum Gasteiger partial charge on any atom is -0.384 e. The Kier molecular flexibility index (Phi) is 3.57. The molecule has 0 radical (unpaired) electrons. The Morgan fingerprint density at radius 1 is 1.28 bits per heavy atom. The number of rotatable bonds is 3. The molecule has 0 atom stereocenters. The third kappa shape index (κ3) is 2.78. The molecular formula is C22H25N3. The molecule has 1 aliphatic carbocycles. The van der Waals surface area contributed by atoms with Crippen LogP contribution >= 0.6 is 0 Å². The topological polar surface area (TPSA) is 37.8 Å². The number of aromatic nitrogens is 2. The molecule has 0 saturated heterocycles. The van der Waals surface area contributed by atoms with Crippen molar-refractivity contribution in [2.45, 2.75) is 44.9 Å². The highest BCUT2D eigenvalue weighted by Crippen LogP contribution is 2.39. The maximum atomic E-state index is 4.71. The molecule has 1 N–H and O–H groups in total. The number of benzene rings is 1. The summed E-state index contributed by atoms with van der Waals surface area (Å²) in [6.07, 6.45) is 4.39. The number of fused-ring (bicyclic) bond motifs is 1. The van der Waals surface area contributed by atoms with E-state index in [1.165, 1.54) is 24.0 Å². The van der Waals surface area contributed by atoms with Gasteiger partial charge in [0.1, 0.15) is 5.82 Å². The van der Waals surface area contributed by atoms with Gasteiger partial charge in [-0.15, -0.1) is 0 Å². The monoisotopic (exact) mass is 331 g/mol. The molecule has 1 aromatic heterocycles. The van der Waals surface area contributed by atoms with Crippen molar-refractivity contribution < 1.29 is 0 Å². The lowest BCUT2D eigenvalue weighted by Crippen LogP contribution is -2.37. The maximum absolute atomic E-state index is 4.71. The van der Waals surface area contributed by atoms with E-state index in [9.17, 15) is 0 Å². The predicted molar refractivity (Wildman–Crippen MR) is 103 cm³/mol. The Balaban J connectivity index is 1.72. The Morgan fingerprint density at radius 2 is 2.04 bits per heavy atom. The van der Waals surface area contributed by atoms with E-state index in [1.54, 1.807) is 0 Å². The molecule has 2 heterocycles. The minimum absolute atomic E-state index is 0.0637. The molecule has 0 unspecified atom stereocenters. The molecule has 0 spiro atoms. The first-order valence-corrected chi connectivity index (χ1v) is 8.98. The molecule has 1 aromatic carbocycles. The quantitative estimate of drug-likeness (QED) is 0.895. The lowest BCUT2D eigenvalue weighted by molar-refractivity contribution is 0.493. The van der Waals surface area contributed by atoms with E-state index >= 15 is 0 Å². The van der Waals surface area contributed by atoms with Crippen LogP contribution in [0.4, 0.5) is 0 Å². The lowest BCUT2D eigenvalue weighted by atomic mass is 9.77. The second-order valence-corrected chi connectivity index (χ2v) is 7.96. The van der Waals surface area contributed by atoms with Crippen molar-refractivity contribution in [1.29, 1.82) is 0 Å². The largest absolute Gasteiger partial charge is 0.384 e. The first-order chi connectivity index (χ1) is 11.9. The van der Waals surface area contributed by atoms with E-state index in [2.05, 4.69) is 62.4 Å². The van der Waals surface area contributed by atoms with E-state index < -0.39 is 0 Å². The van der Waals surface area contributed by atoms with Crippen molar-refractivity contribution in [2.24, 2.45) is 0 Å². The van der Waals surface area contributed by atoms with Crippen LogP contribution in [-0.2, 0) is 5.41 Å². The number of nitrogens with zero attached hydrogens (tertiary/aromatic N) is 2. The van der Waals surface area contributed by atoms with Crippen LogP contribution in [0.15, 0.2) is 37.6 Å². The second-order valence-electron chi connectivity index (χ2n) is 7.96. The molecule has 1 saturated carbocycles. The van der Waals surface area contributed by atoms with Crippen LogP contribution in [-0.4, -0.2) is 16.5 Å². The normalized spacial score (nSPS) is 18.4. The highest BCUT2D eigenvalue weighted by atomic mass is 14.9. The highest BCUT2D eigenvalue weighted by Gasteiger charge is 2.30. The van der Waals surface area contributed by atoms with E-state index in [0.29, 0.717) is 5.92 Å². The van der Waals surface area contributed by atoms with Gasteiger partial charge in [0.05, 0.1) is 0 Å². The fourth-order valence-electron chi connectivity index (χ4n) is 3.55. The fraction of sp³-hybridized carbons (Fsp3) is 0.364. The number of hydrogen-bond donors (Lipinski definition) is 1. The molecule has 3 heteroatoms. The van der Waals surface area contributed by atoms with Gasteiger partial charge in [0.2, 0.25) is 0 Å². The molecular weight excluding hydrogens is 306 g/mol. The highest BCUT2D eigenvalue weighted by molar-refractivity contribution is 5.81. The van der Waals surface area contributed by atoms with Crippen LogP contribution in [0, 0.1) is 6.92 Å². The Bertz CT molecular complexity index is 888. The molecule has 0 amide bonds. The van der Waals surface area contributed by atoms with E-state index in [0.717, 1.165) is 40.5 Å². The Morgan fingerprint density at radius 3 is 2.72 bits per heavy atom. The molecule has 4 rings (SSSR count). The number of nitrogens with one attached hydrogen (secondary N) is 1. The molecule has 3 nitrogen and oxygen atoms in total. The fourth-order valence-corrected chi connectivity index (χ4v) is 3.55. The molecule has 2 aromatic rings. The van der Waals surface area contributed by atoms with Gasteiger partial charge in [-0.1, -0.05) is 39.1 Å². The van der Waals surface area contributed by atoms with E-state index in [-0.39, 0.29) is 5.41 Å². The molecule has 128 valence electrons. The van der Waals surface area contributed by atoms with Crippen LogP contribution in [0.2, 0.25) is 0 Å². The Hall–Kier alpha value is -2.42. The van der Waals surface area contributed by atoms with Gasteiger partial charge in [0.15, 0.2) is 0 Å². The SMILES string of the molecule is C=C1NCC(C)(C)c2cc(C(=C)c3cnc(C4CC4)nc3C)ccc21. The standard InChI is InChI=1S/C22H25N3/c1-13(19-11-23-21(16-6-7-16)25-15(19)3)17-8-9-18-14(2)24-12-22(4,5)20(18)10-17/h8-11,16,24H,1-2,6-7,12H2,3-5H3. The number of hydrogen-bond acceptors (Lipinski definition) is 3. The van der Waals surface area contributed by atoms with Gasteiger partial charge in [0.25, 0.3) is 0 Å². The summed E-state index contributed by atoms with van der Waals surface area (Å²) in [7, 11) is 0. The first kappa shape index (κ1) is 16.1. The molecule has 1 aliphatic heterocycles. The maximum Gasteiger partial charge on any atom is 0.131 e. The third-order valence-electron chi connectivity index (χ3n) is 5.43. The first-order valence-electron chi connectivity index (χ1n) is 8.98.